The highest BCUT2D eigenvalue weighted by atomic mass is 32.2. The van der Waals surface area contributed by atoms with E-state index in [0.29, 0.717) is 0 Å². The van der Waals surface area contributed by atoms with Gasteiger partial charge in [0, 0.05) is 4.90 Å². The number of anilines is 1. The smallest absolute Gasteiger partial charge is 0.252 e. The van der Waals surface area contributed by atoms with Crippen molar-refractivity contribution in [3.05, 3.63) is 24.3 Å². The zero-order valence-electron chi connectivity index (χ0n) is 9.56. The molecule has 1 unspecified atom stereocenters. The molecule has 0 radical (unpaired) electrons. The van der Waals surface area contributed by atoms with Gasteiger partial charge in [-0.05, 0) is 25.2 Å². The van der Waals surface area contributed by atoms with Gasteiger partial charge in [0.15, 0.2) is 0 Å². The molecule has 0 spiro atoms. The molecular formula is C12H16N2OS. The van der Waals surface area contributed by atoms with Crippen LogP contribution in [-0.4, -0.2) is 29.3 Å². The highest BCUT2D eigenvalue weighted by Gasteiger charge is 2.30. The number of nitrogens with zero attached hydrogens (tertiary/aromatic N) is 1. The Kier molecular flexibility index (Phi) is 3.51. The van der Waals surface area contributed by atoms with E-state index in [1.165, 1.54) is 0 Å². The number of rotatable bonds is 3. The lowest BCUT2D eigenvalue weighted by atomic mass is 10.3. The molecule has 1 aliphatic rings. The Morgan fingerprint density at radius 1 is 1.31 bits per heavy atom. The van der Waals surface area contributed by atoms with Gasteiger partial charge in [-0.2, -0.15) is 0 Å². The van der Waals surface area contributed by atoms with Crippen molar-refractivity contribution in [2.45, 2.75) is 24.1 Å². The minimum atomic E-state index is -0.0927. The Morgan fingerprint density at radius 2 is 2.00 bits per heavy atom. The first-order valence-electron chi connectivity index (χ1n) is 5.56. The number of thioether (sulfide) groups is 1. The van der Waals surface area contributed by atoms with Crippen LogP contribution in [0.5, 0.6) is 0 Å². The molecule has 86 valence electrons. The fourth-order valence-corrected chi connectivity index (χ4v) is 3.09. The molecule has 0 aliphatic carbocycles. The van der Waals surface area contributed by atoms with Gasteiger partial charge < -0.3 is 5.32 Å². The second-order valence-corrected chi connectivity index (χ2v) is 4.80. The quantitative estimate of drug-likeness (QED) is 0.874. The van der Waals surface area contributed by atoms with Crippen molar-refractivity contribution in [1.82, 2.24) is 4.90 Å². The molecule has 1 aromatic carbocycles. The SMILES string of the molecule is CCN(CC)C1Sc2ccccc2NC1=O. The van der Waals surface area contributed by atoms with Crippen molar-refractivity contribution in [1.29, 1.82) is 0 Å². The predicted molar refractivity (Wildman–Crippen MR) is 67.6 cm³/mol. The fourth-order valence-electron chi connectivity index (χ4n) is 1.84. The summed E-state index contributed by atoms with van der Waals surface area (Å²) in [6.45, 7) is 5.95. The third-order valence-corrected chi connectivity index (χ3v) is 4.10. The topological polar surface area (TPSA) is 32.3 Å². The van der Waals surface area contributed by atoms with Crippen LogP contribution in [0.2, 0.25) is 0 Å². The minimum Gasteiger partial charge on any atom is -0.323 e. The Bertz CT molecular complexity index is 390. The summed E-state index contributed by atoms with van der Waals surface area (Å²) >= 11 is 1.64. The van der Waals surface area contributed by atoms with Gasteiger partial charge in [-0.25, -0.2) is 0 Å². The highest BCUT2D eigenvalue weighted by Crippen LogP contribution is 2.36. The van der Waals surface area contributed by atoms with E-state index in [1.807, 2.05) is 18.2 Å². The summed E-state index contributed by atoms with van der Waals surface area (Å²) in [6, 6.07) is 7.94. The summed E-state index contributed by atoms with van der Waals surface area (Å²) in [5, 5.41) is 2.86. The Balaban J connectivity index is 2.24. The molecule has 1 aromatic rings. The number of carbonyl (C=O) groups excluding carboxylic acids is 1. The molecule has 0 saturated carbocycles. The number of hydrogen-bond acceptors (Lipinski definition) is 3. The molecule has 1 N–H and O–H groups in total. The van der Waals surface area contributed by atoms with Crippen molar-refractivity contribution in [2.75, 3.05) is 18.4 Å². The first kappa shape index (κ1) is 11.5. The van der Waals surface area contributed by atoms with E-state index in [2.05, 4.69) is 30.1 Å². The zero-order chi connectivity index (χ0) is 11.5. The molecule has 4 heteroatoms. The van der Waals surface area contributed by atoms with Crippen molar-refractivity contribution >= 4 is 23.4 Å². The van der Waals surface area contributed by atoms with Crippen LogP contribution in [0.4, 0.5) is 5.69 Å². The molecule has 1 aliphatic heterocycles. The summed E-state index contributed by atoms with van der Waals surface area (Å²) in [5.74, 6) is 0.0902. The van der Waals surface area contributed by atoms with Gasteiger partial charge in [0.25, 0.3) is 5.91 Å². The number of benzene rings is 1. The number of carbonyl (C=O) groups is 1. The molecule has 1 atom stereocenters. The van der Waals surface area contributed by atoms with Gasteiger partial charge in [0.1, 0.15) is 5.37 Å². The second-order valence-electron chi connectivity index (χ2n) is 3.68. The third kappa shape index (κ3) is 2.08. The van der Waals surface area contributed by atoms with Gasteiger partial charge in [-0.1, -0.05) is 37.7 Å². The molecule has 16 heavy (non-hydrogen) atoms. The molecule has 2 rings (SSSR count). The predicted octanol–water partition coefficient (Wildman–Crippen LogP) is 2.40. The van der Waals surface area contributed by atoms with E-state index in [4.69, 9.17) is 0 Å². The standard InChI is InChI=1S/C12H16N2OS/c1-3-14(4-2)12-11(15)13-9-7-5-6-8-10(9)16-12/h5-8,12H,3-4H2,1-2H3,(H,13,15). The number of hydrogen-bond donors (Lipinski definition) is 1. The van der Waals surface area contributed by atoms with Gasteiger partial charge in [-0.3, -0.25) is 9.69 Å². The maximum absolute atomic E-state index is 11.9. The van der Waals surface area contributed by atoms with Crippen LogP contribution in [0, 0.1) is 0 Å². The van der Waals surface area contributed by atoms with Crippen LogP contribution in [-0.2, 0) is 4.79 Å². The van der Waals surface area contributed by atoms with Gasteiger partial charge in [0.05, 0.1) is 5.69 Å². The van der Waals surface area contributed by atoms with Crippen LogP contribution in [0.3, 0.4) is 0 Å². The molecule has 0 bridgehead atoms. The summed E-state index contributed by atoms with van der Waals surface area (Å²) in [7, 11) is 0. The summed E-state index contributed by atoms with van der Waals surface area (Å²) in [6.07, 6.45) is 0. The van der Waals surface area contributed by atoms with Crippen LogP contribution < -0.4 is 5.32 Å². The first-order valence-corrected chi connectivity index (χ1v) is 6.44. The number of amides is 1. The lowest BCUT2D eigenvalue weighted by molar-refractivity contribution is -0.118. The van der Waals surface area contributed by atoms with Crippen LogP contribution in [0.1, 0.15) is 13.8 Å². The van der Waals surface area contributed by atoms with E-state index in [9.17, 15) is 4.79 Å². The van der Waals surface area contributed by atoms with Gasteiger partial charge in [0.2, 0.25) is 0 Å². The molecule has 1 heterocycles. The molecule has 0 saturated heterocycles. The maximum Gasteiger partial charge on any atom is 0.252 e. The highest BCUT2D eigenvalue weighted by molar-refractivity contribution is 8.00. The average molecular weight is 236 g/mol. The monoisotopic (exact) mass is 236 g/mol. The molecule has 0 fully saturated rings. The summed E-state index contributed by atoms with van der Waals surface area (Å²) < 4.78 is 0. The minimum absolute atomic E-state index is 0.0902. The number of likely N-dealkylation sites (N-methyl/N-ethyl adjacent to an activating group) is 1. The number of para-hydroxylation sites is 1. The molecule has 0 aromatic heterocycles. The fraction of sp³-hybridized carbons (Fsp3) is 0.417. The molecule has 1 amide bonds. The van der Waals surface area contributed by atoms with Crippen LogP contribution >= 0.6 is 11.8 Å². The van der Waals surface area contributed by atoms with Gasteiger partial charge >= 0.3 is 0 Å². The van der Waals surface area contributed by atoms with E-state index >= 15 is 0 Å². The van der Waals surface area contributed by atoms with E-state index < -0.39 is 0 Å². The third-order valence-electron chi connectivity index (χ3n) is 2.75. The van der Waals surface area contributed by atoms with Crippen molar-refractivity contribution in [3.8, 4) is 0 Å². The van der Waals surface area contributed by atoms with Crippen molar-refractivity contribution in [2.24, 2.45) is 0 Å². The first-order chi connectivity index (χ1) is 7.76. The summed E-state index contributed by atoms with van der Waals surface area (Å²) in [5.41, 5.74) is 0.931. The van der Waals surface area contributed by atoms with E-state index in [1.54, 1.807) is 11.8 Å². The number of nitrogens with one attached hydrogen (secondary N) is 1. The Hall–Kier alpha value is -1.00. The molecular weight excluding hydrogens is 220 g/mol. The van der Waals surface area contributed by atoms with Gasteiger partial charge in [-0.15, -0.1) is 0 Å². The van der Waals surface area contributed by atoms with E-state index in [0.717, 1.165) is 23.7 Å². The zero-order valence-corrected chi connectivity index (χ0v) is 10.4. The van der Waals surface area contributed by atoms with Crippen LogP contribution in [0.25, 0.3) is 0 Å². The lowest BCUT2D eigenvalue weighted by Crippen LogP contribution is -2.43. The van der Waals surface area contributed by atoms with Crippen molar-refractivity contribution < 1.29 is 4.79 Å². The van der Waals surface area contributed by atoms with Crippen LogP contribution in [0.15, 0.2) is 29.2 Å². The Labute approximate surface area is 100 Å². The number of fused-ring (bicyclic) bond motifs is 1. The largest absolute Gasteiger partial charge is 0.323 e. The Morgan fingerprint density at radius 3 is 2.69 bits per heavy atom. The normalized spacial score (nSPS) is 19.4. The maximum atomic E-state index is 11.9. The average Bonchev–Trinajstić information content (AvgIpc) is 2.31. The lowest BCUT2D eigenvalue weighted by Gasteiger charge is -2.31. The van der Waals surface area contributed by atoms with Crippen molar-refractivity contribution in [3.63, 3.8) is 0 Å². The summed E-state index contributed by atoms with van der Waals surface area (Å²) in [4.78, 5) is 15.3. The second kappa shape index (κ2) is 4.89. The molecule has 3 nitrogen and oxygen atoms in total. The van der Waals surface area contributed by atoms with E-state index in [-0.39, 0.29) is 11.3 Å².